The first-order valence-corrected chi connectivity index (χ1v) is 7.40. The van der Waals surface area contributed by atoms with Crippen molar-refractivity contribution in [2.24, 2.45) is 0 Å². The van der Waals surface area contributed by atoms with Gasteiger partial charge in [0.1, 0.15) is 15.8 Å². The highest BCUT2D eigenvalue weighted by molar-refractivity contribution is 7.15. The van der Waals surface area contributed by atoms with Gasteiger partial charge in [-0.05, 0) is 42.1 Å². The van der Waals surface area contributed by atoms with E-state index in [-0.39, 0.29) is 0 Å². The predicted octanol–water partition coefficient (Wildman–Crippen LogP) is 4.76. The summed E-state index contributed by atoms with van der Waals surface area (Å²) in [5, 5.41) is 17.7. The van der Waals surface area contributed by atoms with E-state index in [0.717, 1.165) is 16.8 Å². The van der Waals surface area contributed by atoms with Gasteiger partial charge in [-0.15, -0.1) is 11.3 Å². The Kier molecular flexibility index (Phi) is 3.65. The highest BCUT2D eigenvalue weighted by atomic mass is 35.5. The number of aryl methyl sites for hydroxylation is 1. The Labute approximate surface area is 130 Å². The van der Waals surface area contributed by atoms with Gasteiger partial charge in [0, 0.05) is 5.56 Å². The maximum absolute atomic E-state index is 8.80. The second kappa shape index (κ2) is 5.60. The molecule has 0 atom stereocenters. The van der Waals surface area contributed by atoms with Crippen LogP contribution in [-0.2, 0) is 0 Å². The first-order chi connectivity index (χ1) is 10.2. The monoisotopic (exact) mass is 315 g/mol. The number of nitriles is 1. The van der Waals surface area contributed by atoms with Gasteiger partial charge in [0.2, 0.25) is 0 Å². The van der Waals surface area contributed by atoms with Gasteiger partial charge < -0.3 is 4.74 Å². The van der Waals surface area contributed by atoms with E-state index in [9.17, 15) is 0 Å². The number of H-pyrrole nitrogens is 1. The van der Waals surface area contributed by atoms with Crippen molar-refractivity contribution < 1.29 is 4.74 Å². The molecule has 1 aromatic carbocycles. The third-order valence-electron chi connectivity index (χ3n) is 3.00. The summed E-state index contributed by atoms with van der Waals surface area (Å²) in [6, 6.07) is 8.98. The van der Waals surface area contributed by atoms with E-state index in [0.29, 0.717) is 21.4 Å². The van der Waals surface area contributed by atoms with E-state index in [1.165, 1.54) is 11.3 Å². The minimum atomic E-state index is 0.589. The molecule has 4 nitrogen and oxygen atoms in total. The quantitative estimate of drug-likeness (QED) is 0.757. The normalized spacial score (nSPS) is 10.3. The molecule has 0 amide bonds. The Morgan fingerprint density at radius 2 is 2.10 bits per heavy atom. The van der Waals surface area contributed by atoms with Crippen molar-refractivity contribution in [3.8, 4) is 28.8 Å². The molecule has 21 heavy (non-hydrogen) atoms. The largest absolute Gasteiger partial charge is 0.453 e. The lowest BCUT2D eigenvalue weighted by Crippen LogP contribution is -1.87. The van der Waals surface area contributed by atoms with Gasteiger partial charge in [0.25, 0.3) is 0 Å². The number of hydrogen-bond acceptors (Lipinski definition) is 4. The lowest BCUT2D eigenvalue weighted by Gasteiger charge is -2.06. The molecule has 0 saturated heterocycles. The molecule has 104 valence electrons. The van der Waals surface area contributed by atoms with Gasteiger partial charge in [-0.3, -0.25) is 5.10 Å². The lowest BCUT2D eigenvalue weighted by atomic mass is 10.1. The molecule has 0 bridgehead atoms. The fraction of sp³-hybridized carbons (Fsp3) is 0.0667. The number of nitrogens with one attached hydrogen (secondary N) is 1. The van der Waals surface area contributed by atoms with Crippen molar-refractivity contribution >= 4 is 22.9 Å². The summed E-state index contributed by atoms with van der Waals surface area (Å²) in [6.07, 6.45) is 1.61. The minimum Gasteiger partial charge on any atom is -0.453 e. The SMILES string of the molecule is Cc1csc(Cl)c1-c1[nH]ncc1Oc1ccc(C#N)cc1. The van der Waals surface area contributed by atoms with E-state index < -0.39 is 0 Å². The smallest absolute Gasteiger partial charge is 0.173 e. The molecule has 3 rings (SSSR count). The van der Waals surface area contributed by atoms with Crippen LogP contribution in [0.5, 0.6) is 11.5 Å². The van der Waals surface area contributed by atoms with Crippen molar-refractivity contribution in [2.75, 3.05) is 0 Å². The van der Waals surface area contributed by atoms with Crippen LogP contribution in [0.25, 0.3) is 11.3 Å². The maximum Gasteiger partial charge on any atom is 0.173 e. The number of nitrogens with zero attached hydrogens (tertiary/aromatic N) is 2. The number of halogens is 1. The third-order valence-corrected chi connectivity index (χ3v) is 4.33. The predicted molar refractivity (Wildman–Crippen MR) is 82.9 cm³/mol. The van der Waals surface area contributed by atoms with Crippen LogP contribution in [0, 0.1) is 18.3 Å². The van der Waals surface area contributed by atoms with Crippen LogP contribution in [0.1, 0.15) is 11.1 Å². The van der Waals surface area contributed by atoms with Crippen molar-refractivity contribution in [3.05, 3.63) is 51.3 Å². The number of rotatable bonds is 3. The highest BCUT2D eigenvalue weighted by Crippen LogP contribution is 2.40. The first-order valence-electron chi connectivity index (χ1n) is 6.14. The molecular formula is C15H10ClN3OS. The highest BCUT2D eigenvalue weighted by Gasteiger charge is 2.17. The van der Waals surface area contributed by atoms with Crippen molar-refractivity contribution in [1.82, 2.24) is 10.2 Å². The molecular weight excluding hydrogens is 306 g/mol. The molecule has 0 radical (unpaired) electrons. The Morgan fingerprint density at radius 1 is 1.33 bits per heavy atom. The summed E-state index contributed by atoms with van der Waals surface area (Å²) in [6.45, 7) is 1.99. The van der Waals surface area contributed by atoms with Crippen molar-refractivity contribution in [2.45, 2.75) is 6.92 Å². The molecule has 0 aliphatic carbocycles. The van der Waals surface area contributed by atoms with Gasteiger partial charge in [-0.2, -0.15) is 10.4 Å². The van der Waals surface area contributed by atoms with Gasteiger partial charge in [0.05, 0.1) is 17.8 Å². The fourth-order valence-electron chi connectivity index (χ4n) is 1.96. The number of aromatic nitrogens is 2. The summed E-state index contributed by atoms with van der Waals surface area (Å²) >= 11 is 7.71. The summed E-state index contributed by atoms with van der Waals surface area (Å²) < 4.78 is 6.52. The van der Waals surface area contributed by atoms with Crippen molar-refractivity contribution in [3.63, 3.8) is 0 Å². The van der Waals surface area contributed by atoms with Crippen LogP contribution in [0.3, 0.4) is 0 Å². The van der Waals surface area contributed by atoms with Crippen LogP contribution in [-0.4, -0.2) is 10.2 Å². The fourth-order valence-corrected chi connectivity index (χ4v) is 3.12. The summed E-state index contributed by atoms with van der Waals surface area (Å²) in [4.78, 5) is 0. The van der Waals surface area contributed by atoms with E-state index in [1.54, 1.807) is 30.5 Å². The molecule has 3 aromatic rings. The lowest BCUT2D eigenvalue weighted by molar-refractivity contribution is 0.484. The summed E-state index contributed by atoms with van der Waals surface area (Å²) in [5.74, 6) is 1.24. The number of benzene rings is 1. The van der Waals surface area contributed by atoms with Crippen LogP contribution in [0.4, 0.5) is 0 Å². The Bertz CT molecular complexity index is 795. The number of aromatic amines is 1. The molecule has 1 N–H and O–H groups in total. The van der Waals surface area contributed by atoms with Crippen LogP contribution < -0.4 is 4.74 Å². The Balaban J connectivity index is 1.94. The van der Waals surface area contributed by atoms with E-state index >= 15 is 0 Å². The molecule has 0 saturated carbocycles. The molecule has 2 heterocycles. The zero-order valence-corrected chi connectivity index (χ0v) is 12.6. The van der Waals surface area contributed by atoms with E-state index in [1.807, 2.05) is 12.3 Å². The molecule has 0 fully saturated rings. The number of hydrogen-bond donors (Lipinski definition) is 1. The minimum absolute atomic E-state index is 0.589. The molecule has 0 spiro atoms. The standard InChI is InChI=1S/C15H10ClN3OS/c1-9-8-21-15(16)13(9)14-12(7-18-19-14)20-11-4-2-10(6-17)3-5-11/h2-5,7-8H,1H3,(H,18,19). The van der Waals surface area contributed by atoms with Gasteiger partial charge >= 0.3 is 0 Å². The van der Waals surface area contributed by atoms with Crippen molar-refractivity contribution in [1.29, 1.82) is 5.26 Å². The van der Waals surface area contributed by atoms with Gasteiger partial charge in [0.15, 0.2) is 5.75 Å². The molecule has 6 heteroatoms. The average Bonchev–Trinajstić information content (AvgIpc) is 3.06. The maximum atomic E-state index is 8.80. The zero-order chi connectivity index (χ0) is 14.8. The summed E-state index contributed by atoms with van der Waals surface area (Å²) in [5.41, 5.74) is 3.32. The Hall–Kier alpha value is -2.29. The second-order valence-corrected chi connectivity index (χ2v) is 5.90. The Morgan fingerprint density at radius 3 is 2.71 bits per heavy atom. The average molecular weight is 316 g/mol. The van der Waals surface area contributed by atoms with E-state index in [2.05, 4.69) is 16.3 Å². The summed E-state index contributed by atoms with van der Waals surface area (Å²) in [7, 11) is 0. The van der Waals surface area contributed by atoms with Crippen LogP contribution >= 0.6 is 22.9 Å². The third kappa shape index (κ3) is 2.64. The second-order valence-electron chi connectivity index (χ2n) is 4.41. The van der Waals surface area contributed by atoms with E-state index in [4.69, 9.17) is 21.6 Å². The molecule has 0 aliphatic rings. The molecule has 0 aliphatic heterocycles. The molecule has 0 unspecified atom stereocenters. The number of thiophene rings is 1. The van der Waals surface area contributed by atoms with Crippen LogP contribution in [0.15, 0.2) is 35.8 Å². The van der Waals surface area contributed by atoms with Gasteiger partial charge in [-0.1, -0.05) is 11.6 Å². The number of ether oxygens (including phenoxy) is 1. The topological polar surface area (TPSA) is 61.7 Å². The van der Waals surface area contributed by atoms with Crippen LogP contribution in [0.2, 0.25) is 4.34 Å². The first kappa shape index (κ1) is 13.7. The van der Waals surface area contributed by atoms with Gasteiger partial charge in [-0.25, -0.2) is 0 Å². The molecule has 2 aromatic heterocycles. The zero-order valence-electron chi connectivity index (χ0n) is 11.1.